The van der Waals surface area contributed by atoms with Crippen LogP contribution in [-0.2, 0) is 6.61 Å². The van der Waals surface area contributed by atoms with Crippen molar-refractivity contribution in [3.63, 3.8) is 0 Å². The summed E-state index contributed by atoms with van der Waals surface area (Å²) in [6.45, 7) is 0.304. The largest absolute Gasteiger partial charge is 0.493 e. The van der Waals surface area contributed by atoms with Crippen LogP contribution in [0.15, 0.2) is 42.5 Å². The molecule has 0 aliphatic heterocycles. The van der Waals surface area contributed by atoms with Crippen LogP contribution in [0.5, 0.6) is 11.5 Å². The SMILES string of the molecule is COc1cc(C(=O)NN)ccc1OCc1ccccc1Cl. The second-order valence-electron chi connectivity index (χ2n) is 4.22. The molecule has 3 N–H and O–H groups in total. The normalized spacial score (nSPS) is 10.0. The second-order valence-corrected chi connectivity index (χ2v) is 4.63. The molecule has 110 valence electrons. The molecule has 6 heteroatoms. The Bertz CT molecular complexity index is 647. The first-order valence-corrected chi connectivity index (χ1v) is 6.58. The van der Waals surface area contributed by atoms with E-state index >= 15 is 0 Å². The van der Waals surface area contributed by atoms with Gasteiger partial charge in [-0.15, -0.1) is 0 Å². The number of ether oxygens (including phenoxy) is 2. The third kappa shape index (κ3) is 3.65. The van der Waals surface area contributed by atoms with Gasteiger partial charge in [0.25, 0.3) is 5.91 Å². The lowest BCUT2D eigenvalue weighted by Crippen LogP contribution is -2.29. The molecule has 2 rings (SSSR count). The van der Waals surface area contributed by atoms with Crippen molar-refractivity contribution < 1.29 is 14.3 Å². The van der Waals surface area contributed by atoms with Crippen molar-refractivity contribution in [3.05, 3.63) is 58.6 Å². The zero-order valence-corrected chi connectivity index (χ0v) is 12.2. The Labute approximate surface area is 127 Å². The van der Waals surface area contributed by atoms with Crippen LogP contribution >= 0.6 is 11.6 Å². The molecule has 0 heterocycles. The number of halogens is 1. The quantitative estimate of drug-likeness (QED) is 0.506. The highest BCUT2D eigenvalue weighted by atomic mass is 35.5. The number of methoxy groups -OCH3 is 1. The van der Waals surface area contributed by atoms with E-state index in [0.717, 1.165) is 5.56 Å². The molecule has 0 spiro atoms. The maximum atomic E-state index is 11.5. The maximum Gasteiger partial charge on any atom is 0.265 e. The van der Waals surface area contributed by atoms with Gasteiger partial charge in [-0.2, -0.15) is 0 Å². The molecule has 0 unspecified atom stereocenters. The van der Waals surface area contributed by atoms with E-state index in [-0.39, 0.29) is 0 Å². The van der Waals surface area contributed by atoms with E-state index < -0.39 is 5.91 Å². The highest BCUT2D eigenvalue weighted by Gasteiger charge is 2.11. The summed E-state index contributed by atoms with van der Waals surface area (Å²) in [4.78, 5) is 11.5. The zero-order chi connectivity index (χ0) is 15.2. The average molecular weight is 307 g/mol. The number of amides is 1. The van der Waals surface area contributed by atoms with Crippen LogP contribution in [0.2, 0.25) is 5.02 Å². The van der Waals surface area contributed by atoms with Crippen LogP contribution in [0.1, 0.15) is 15.9 Å². The van der Waals surface area contributed by atoms with Crippen LogP contribution in [0, 0.1) is 0 Å². The number of hydrogen-bond donors (Lipinski definition) is 2. The van der Waals surface area contributed by atoms with Crippen molar-refractivity contribution >= 4 is 17.5 Å². The summed E-state index contributed by atoms with van der Waals surface area (Å²) in [5.74, 6) is 5.67. The molecule has 0 radical (unpaired) electrons. The van der Waals surface area contributed by atoms with Crippen molar-refractivity contribution in [2.75, 3.05) is 7.11 Å². The summed E-state index contributed by atoms with van der Waals surface area (Å²) < 4.78 is 10.9. The molecule has 2 aromatic rings. The smallest absolute Gasteiger partial charge is 0.265 e. The summed E-state index contributed by atoms with van der Waals surface area (Å²) in [5, 5.41) is 0.635. The van der Waals surface area contributed by atoms with Gasteiger partial charge in [-0.25, -0.2) is 5.84 Å². The lowest BCUT2D eigenvalue weighted by Gasteiger charge is -2.12. The van der Waals surface area contributed by atoms with Crippen LogP contribution in [0.25, 0.3) is 0 Å². The van der Waals surface area contributed by atoms with Gasteiger partial charge >= 0.3 is 0 Å². The van der Waals surface area contributed by atoms with Crippen LogP contribution in [0.3, 0.4) is 0 Å². The van der Waals surface area contributed by atoms with Gasteiger partial charge in [-0.3, -0.25) is 10.2 Å². The minimum absolute atomic E-state index is 0.304. The van der Waals surface area contributed by atoms with Gasteiger partial charge in [0.2, 0.25) is 0 Å². The van der Waals surface area contributed by atoms with Gasteiger partial charge in [0, 0.05) is 16.1 Å². The molecule has 0 saturated heterocycles. The molecule has 2 aromatic carbocycles. The monoisotopic (exact) mass is 306 g/mol. The Morgan fingerprint density at radius 2 is 2.00 bits per heavy atom. The highest BCUT2D eigenvalue weighted by Crippen LogP contribution is 2.29. The summed E-state index contributed by atoms with van der Waals surface area (Å²) in [5.41, 5.74) is 3.32. The molecule has 0 saturated carbocycles. The molecular formula is C15H15ClN2O3. The fourth-order valence-electron chi connectivity index (χ4n) is 1.78. The second kappa shape index (κ2) is 6.97. The van der Waals surface area contributed by atoms with Gasteiger partial charge in [0.05, 0.1) is 7.11 Å². The molecule has 0 aromatic heterocycles. The van der Waals surface area contributed by atoms with Gasteiger partial charge in [0.1, 0.15) is 6.61 Å². The van der Waals surface area contributed by atoms with Crippen molar-refractivity contribution in [2.24, 2.45) is 5.84 Å². The predicted molar refractivity (Wildman–Crippen MR) is 80.4 cm³/mol. The summed E-state index contributed by atoms with van der Waals surface area (Å²) in [6.07, 6.45) is 0. The minimum Gasteiger partial charge on any atom is -0.493 e. The van der Waals surface area contributed by atoms with Crippen molar-refractivity contribution in [3.8, 4) is 11.5 Å². The Hall–Kier alpha value is -2.24. The van der Waals surface area contributed by atoms with E-state index in [1.807, 2.05) is 18.2 Å². The van der Waals surface area contributed by atoms with Crippen molar-refractivity contribution in [1.29, 1.82) is 0 Å². The zero-order valence-electron chi connectivity index (χ0n) is 11.4. The van der Waals surface area contributed by atoms with E-state index in [1.165, 1.54) is 7.11 Å². The fraction of sp³-hybridized carbons (Fsp3) is 0.133. The molecule has 1 amide bonds. The molecular weight excluding hydrogens is 292 g/mol. The van der Waals surface area contributed by atoms with Crippen LogP contribution in [0.4, 0.5) is 0 Å². The van der Waals surface area contributed by atoms with E-state index in [9.17, 15) is 4.79 Å². The number of nitrogen functional groups attached to an aromatic ring is 1. The molecule has 0 bridgehead atoms. The summed E-state index contributed by atoms with van der Waals surface area (Å²) in [6, 6.07) is 12.2. The fourth-order valence-corrected chi connectivity index (χ4v) is 1.97. The molecule has 0 atom stereocenters. The first-order valence-electron chi connectivity index (χ1n) is 6.21. The first-order chi connectivity index (χ1) is 10.2. The highest BCUT2D eigenvalue weighted by molar-refractivity contribution is 6.31. The van der Waals surface area contributed by atoms with Crippen LogP contribution < -0.4 is 20.7 Å². The number of hydrazine groups is 1. The lowest BCUT2D eigenvalue weighted by atomic mass is 10.2. The number of rotatable bonds is 5. The van der Waals surface area contributed by atoms with Crippen molar-refractivity contribution in [1.82, 2.24) is 5.43 Å². The van der Waals surface area contributed by atoms with E-state index in [0.29, 0.717) is 28.7 Å². The summed E-state index contributed by atoms with van der Waals surface area (Å²) in [7, 11) is 1.50. The third-order valence-corrected chi connectivity index (χ3v) is 3.27. The standard InChI is InChI=1S/C15H15ClN2O3/c1-20-14-8-10(15(19)18-17)6-7-13(14)21-9-11-4-2-3-5-12(11)16/h2-8H,9,17H2,1H3,(H,18,19). The molecule has 0 aliphatic rings. The third-order valence-electron chi connectivity index (χ3n) is 2.90. The van der Waals surface area contributed by atoms with Crippen LogP contribution in [-0.4, -0.2) is 13.0 Å². The molecule has 5 nitrogen and oxygen atoms in total. The molecule has 21 heavy (non-hydrogen) atoms. The lowest BCUT2D eigenvalue weighted by molar-refractivity contribution is 0.0953. The Balaban J connectivity index is 2.17. The average Bonchev–Trinajstić information content (AvgIpc) is 2.53. The van der Waals surface area contributed by atoms with Gasteiger partial charge < -0.3 is 9.47 Å². The number of hydrogen-bond acceptors (Lipinski definition) is 4. The Morgan fingerprint density at radius 3 is 2.67 bits per heavy atom. The number of carbonyl (C=O) groups is 1. The summed E-state index contributed by atoms with van der Waals surface area (Å²) >= 11 is 6.07. The maximum absolute atomic E-state index is 11.5. The Morgan fingerprint density at radius 1 is 1.24 bits per heavy atom. The van der Waals surface area contributed by atoms with E-state index in [2.05, 4.69) is 5.43 Å². The number of benzene rings is 2. The van der Waals surface area contributed by atoms with E-state index in [1.54, 1.807) is 24.3 Å². The minimum atomic E-state index is -0.397. The van der Waals surface area contributed by atoms with E-state index in [4.69, 9.17) is 26.9 Å². The number of carbonyl (C=O) groups excluding carboxylic acids is 1. The van der Waals surface area contributed by atoms with Crippen molar-refractivity contribution in [2.45, 2.75) is 6.61 Å². The predicted octanol–water partition coefficient (Wildman–Crippen LogP) is 2.53. The molecule has 0 aliphatic carbocycles. The number of nitrogens with two attached hydrogens (primary N) is 1. The van der Waals surface area contributed by atoms with Gasteiger partial charge in [-0.1, -0.05) is 29.8 Å². The number of nitrogens with one attached hydrogen (secondary N) is 1. The molecule has 0 fully saturated rings. The first kappa shape index (κ1) is 15.2. The van der Waals surface area contributed by atoms with Gasteiger partial charge in [-0.05, 0) is 24.3 Å². The topological polar surface area (TPSA) is 73.6 Å². The van der Waals surface area contributed by atoms with Gasteiger partial charge in [0.15, 0.2) is 11.5 Å². The Kier molecular flexibility index (Phi) is 5.03.